The Balaban J connectivity index is 1.07. The van der Waals surface area contributed by atoms with Crippen LogP contribution in [0.5, 0.6) is 0 Å². The third-order valence-electron chi connectivity index (χ3n) is 11.2. The van der Waals surface area contributed by atoms with Gasteiger partial charge in [-0.05, 0) is 64.2 Å². The summed E-state index contributed by atoms with van der Waals surface area (Å²) in [6, 6.07) is 56.7. The molecular formula is C49H33N3S. The first-order valence-electron chi connectivity index (χ1n) is 18.2. The van der Waals surface area contributed by atoms with Gasteiger partial charge in [0.1, 0.15) is 0 Å². The lowest BCUT2D eigenvalue weighted by molar-refractivity contribution is 0.661. The van der Waals surface area contributed by atoms with Crippen LogP contribution in [0.3, 0.4) is 0 Å². The molecule has 0 bridgehead atoms. The monoisotopic (exact) mass is 695 g/mol. The van der Waals surface area contributed by atoms with Crippen LogP contribution in [0.25, 0.3) is 98.1 Å². The van der Waals surface area contributed by atoms with E-state index >= 15 is 0 Å². The quantitative estimate of drug-likeness (QED) is 0.199. The summed E-state index contributed by atoms with van der Waals surface area (Å²) in [7, 11) is 0. The molecule has 0 amide bonds. The number of aromatic nitrogens is 3. The first-order chi connectivity index (χ1) is 26.0. The van der Waals surface area contributed by atoms with Crippen molar-refractivity contribution in [1.82, 2.24) is 15.0 Å². The number of fused-ring (bicyclic) bond motifs is 10. The van der Waals surface area contributed by atoms with Gasteiger partial charge in [-0.3, -0.25) is 0 Å². The van der Waals surface area contributed by atoms with E-state index in [2.05, 4.69) is 164 Å². The fraction of sp³-hybridized carbons (Fsp3) is 0.0612. The molecule has 0 spiro atoms. The number of H-pyrrole nitrogens is 1. The Morgan fingerprint density at radius 1 is 0.491 bits per heavy atom. The summed E-state index contributed by atoms with van der Waals surface area (Å²) in [5.74, 6) is 0.734. The van der Waals surface area contributed by atoms with E-state index in [1.807, 2.05) is 23.5 Å². The predicted molar refractivity (Wildman–Crippen MR) is 224 cm³/mol. The first-order valence-corrected chi connectivity index (χ1v) is 19.0. The van der Waals surface area contributed by atoms with Crippen LogP contribution in [-0.4, -0.2) is 15.0 Å². The summed E-state index contributed by atoms with van der Waals surface area (Å²) >= 11 is 1.89. The van der Waals surface area contributed by atoms with E-state index in [9.17, 15) is 0 Å². The Morgan fingerprint density at radius 3 is 1.77 bits per heavy atom. The van der Waals surface area contributed by atoms with Crippen molar-refractivity contribution in [3.8, 4) is 56.2 Å². The Bertz CT molecular complexity index is 3020. The minimum absolute atomic E-state index is 0.227. The molecule has 10 aromatic rings. The van der Waals surface area contributed by atoms with E-state index in [4.69, 9.17) is 9.97 Å². The van der Waals surface area contributed by atoms with Gasteiger partial charge in [-0.25, -0.2) is 9.97 Å². The lowest BCUT2D eigenvalue weighted by atomic mass is 9.81. The first kappa shape index (κ1) is 30.3. The lowest BCUT2D eigenvalue weighted by Gasteiger charge is -2.22. The predicted octanol–water partition coefficient (Wildman–Crippen LogP) is 13.5. The molecule has 0 atom stereocenters. The van der Waals surface area contributed by atoms with E-state index in [0.29, 0.717) is 0 Å². The topological polar surface area (TPSA) is 41.6 Å². The summed E-state index contributed by atoms with van der Waals surface area (Å²) in [6.45, 7) is 4.71. The molecule has 53 heavy (non-hydrogen) atoms. The molecule has 7 aromatic carbocycles. The highest BCUT2D eigenvalue weighted by molar-refractivity contribution is 7.26. The van der Waals surface area contributed by atoms with Crippen LogP contribution >= 0.6 is 11.3 Å². The van der Waals surface area contributed by atoms with Crippen molar-refractivity contribution in [1.29, 1.82) is 0 Å². The standard InChI is InChI=1S/C49H33N3S/c1-49(2)39-25-31(37-27-38-35-17-10-12-20-44(35)53-47(38)45-36-18-9-11-19-41(36)50-46(37)45)21-23-33(39)34-24-22-32(26-40(34)49)48-51-42(29-13-5-3-6-14-29)28-43(52-48)30-15-7-4-8-16-30/h3-28,50H,1-2H3. The molecule has 0 radical (unpaired) electrons. The third-order valence-corrected chi connectivity index (χ3v) is 12.4. The molecule has 1 aliphatic carbocycles. The number of hydrogen-bond acceptors (Lipinski definition) is 3. The van der Waals surface area contributed by atoms with Crippen LogP contribution in [0, 0.1) is 0 Å². The van der Waals surface area contributed by atoms with Crippen LogP contribution in [0.4, 0.5) is 0 Å². The maximum Gasteiger partial charge on any atom is 0.160 e. The molecule has 1 N–H and O–H groups in total. The largest absolute Gasteiger partial charge is 0.354 e. The molecule has 0 aliphatic heterocycles. The summed E-state index contributed by atoms with van der Waals surface area (Å²) in [4.78, 5) is 14.1. The molecular weight excluding hydrogens is 663 g/mol. The number of aromatic amines is 1. The van der Waals surface area contributed by atoms with Gasteiger partial charge in [0.15, 0.2) is 5.82 Å². The zero-order valence-electron chi connectivity index (χ0n) is 29.3. The van der Waals surface area contributed by atoms with E-state index in [1.165, 1.54) is 75.4 Å². The number of hydrogen-bond donors (Lipinski definition) is 1. The Morgan fingerprint density at radius 2 is 1.08 bits per heavy atom. The maximum absolute atomic E-state index is 5.15. The lowest BCUT2D eigenvalue weighted by Crippen LogP contribution is -2.15. The van der Waals surface area contributed by atoms with Crippen LogP contribution < -0.4 is 0 Å². The minimum atomic E-state index is -0.227. The van der Waals surface area contributed by atoms with Crippen LogP contribution in [-0.2, 0) is 5.41 Å². The number of benzene rings is 7. The highest BCUT2D eigenvalue weighted by Gasteiger charge is 2.36. The van der Waals surface area contributed by atoms with Crippen LogP contribution in [0.1, 0.15) is 25.0 Å². The number of thiophene rings is 1. The van der Waals surface area contributed by atoms with Gasteiger partial charge < -0.3 is 4.98 Å². The van der Waals surface area contributed by atoms with Crippen molar-refractivity contribution >= 4 is 53.3 Å². The smallest absolute Gasteiger partial charge is 0.160 e. The average Bonchev–Trinajstić information content (AvgIpc) is 3.85. The van der Waals surface area contributed by atoms with E-state index in [1.54, 1.807) is 0 Å². The van der Waals surface area contributed by atoms with E-state index < -0.39 is 0 Å². The van der Waals surface area contributed by atoms with Crippen molar-refractivity contribution in [3.05, 3.63) is 169 Å². The second kappa shape index (κ2) is 11.3. The number of rotatable bonds is 4. The van der Waals surface area contributed by atoms with Crippen LogP contribution in [0.15, 0.2) is 158 Å². The summed E-state index contributed by atoms with van der Waals surface area (Å²) in [5, 5.41) is 5.22. The molecule has 0 unspecified atom stereocenters. The van der Waals surface area contributed by atoms with Crippen molar-refractivity contribution in [3.63, 3.8) is 0 Å². The van der Waals surface area contributed by atoms with Gasteiger partial charge in [0.25, 0.3) is 0 Å². The van der Waals surface area contributed by atoms with E-state index in [0.717, 1.165) is 33.9 Å². The van der Waals surface area contributed by atoms with Gasteiger partial charge in [-0.1, -0.05) is 135 Å². The van der Waals surface area contributed by atoms with Crippen molar-refractivity contribution in [2.45, 2.75) is 19.3 Å². The fourth-order valence-electron chi connectivity index (χ4n) is 8.55. The SMILES string of the molecule is CC1(C)c2cc(-c3nc(-c4ccccc4)cc(-c4ccccc4)n3)ccc2-c2ccc(-c3cc4c5ccccc5sc4c4c3[nH]c3ccccc34)cc21. The zero-order chi connectivity index (χ0) is 35.3. The molecule has 1 aliphatic rings. The molecule has 3 nitrogen and oxygen atoms in total. The van der Waals surface area contributed by atoms with Gasteiger partial charge in [0.2, 0.25) is 0 Å². The van der Waals surface area contributed by atoms with Gasteiger partial charge in [-0.15, -0.1) is 11.3 Å². The van der Waals surface area contributed by atoms with Crippen molar-refractivity contribution in [2.75, 3.05) is 0 Å². The Kier molecular flexibility index (Phi) is 6.47. The van der Waals surface area contributed by atoms with Gasteiger partial charge in [0.05, 0.1) is 16.9 Å². The fourth-order valence-corrected chi connectivity index (χ4v) is 9.80. The summed E-state index contributed by atoms with van der Waals surface area (Å²) in [6.07, 6.45) is 0. The molecule has 0 saturated carbocycles. The van der Waals surface area contributed by atoms with Crippen LogP contribution in [0.2, 0.25) is 0 Å². The highest BCUT2D eigenvalue weighted by atomic mass is 32.1. The molecule has 250 valence electrons. The minimum Gasteiger partial charge on any atom is -0.354 e. The zero-order valence-corrected chi connectivity index (χ0v) is 30.1. The number of para-hydroxylation sites is 1. The van der Waals surface area contributed by atoms with E-state index in [-0.39, 0.29) is 5.41 Å². The molecule has 3 heterocycles. The van der Waals surface area contributed by atoms with Crippen molar-refractivity contribution < 1.29 is 0 Å². The second-order valence-electron chi connectivity index (χ2n) is 14.7. The normalized spacial score (nSPS) is 13.2. The summed E-state index contributed by atoms with van der Waals surface area (Å²) < 4.78 is 2.67. The molecule has 4 heteroatoms. The third kappa shape index (κ3) is 4.59. The number of nitrogens with zero attached hydrogens (tertiary/aromatic N) is 2. The van der Waals surface area contributed by atoms with Gasteiger partial charge >= 0.3 is 0 Å². The average molecular weight is 696 g/mol. The van der Waals surface area contributed by atoms with Gasteiger partial charge in [0, 0.05) is 64.1 Å². The molecule has 0 saturated heterocycles. The highest BCUT2D eigenvalue weighted by Crippen LogP contribution is 2.52. The number of nitrogens with one attached hydrogen (secondary N) is 1. The molecule has 3 aromatic heterocycles. The van der Waals surface area contributed by atoms with Gasteiger partial charge in [-0.2, -0.15) is 0 Å². The summed E-state index contributed by atoms with van der Waals surface area (Å²) in [5.41, 5.74) is 14.8. The second-order valence-corrected chi connectivity index (χ2v) is 15.7. The molecule has 11 rings (SSSR count). The molecule has 0 fully saturated rings. The maximum atomic E-state index is 5.15. The van der Waals surface area contributed by atoms with Crippen molar-refractivity contribution in [2.24, 2.45) is 0 Å². The Labute approximate surface area is 311 Å². The Hall–Kier alpha value is -6.36.